The first-order valence-corrected chi connectivity index (χ1v) is 7.33. The first-order chi connectivity index (χ1) is 11.3. The molecule has 2 rings (SSSR count). The lowest BCUT2D eigenvalue weighted by Gasteiger charge is -2.09. The van der Waals surface area contributed by atoms with Crippen LogP contribution in [0.3, 0.4) is 0 Å². The van der Waals surface area contributed by atoms with Gasteiger partial charge in [-0.2, -0.15) is 0 Å². The molecule has 0 spiro atoms. The van der Waals surface area contributed by atoms with Crippen molar-refractivity contribution in [1.29, 1.82) is 0 Å². The van der Waals surface area contributed by atoms with Crippen molar-refractivity contribution in [1.82, 2.24) is 0 Å². The number of carbonyl (C=O) groups excluding carboxylic acids is 2. The Hall–Kier alpha value is -3.02. The highest BCUT2D eigenvalue weighted by atomic mass is 16.6. The molecule has 0 saturated carbocycles. The van der Waals surface area contributed by atoms with Crippen LogP contribution in [-0.4, -0.2) is 23.3 Å². The van der Waals surface area contributed by atoms with Crippen molar-refractivity contribution < 1.29 is 19.2 Å². The Labute approximate surface area is 139 Å². The van der Waals surface area contributed by atoms with Gasteiger partial charge >= 0.3 is 5.97 Å². The fourth-order valence-electron chi connectivity index (χ4n) is 2.35. The van der Waals surface area contributed by atoms with Crippen LogP contribution in [0.25, 0.3) is 0 Å². The fraction of sp³-hybridized carbons (Fsp3) is 0.222. The molecule has 0 N–H and O–H groups in total. The average molecular weight is 327 g/mol. The molecule has 0 saturated heterocycles. The third-order valence-electron chi connectivity index (χ3n) is 3.80. The smallest absolute Gasteiger partial charge is 0.345 e. The lowest BCUT2D eigenvalue weighted by molar-refractivity contribution is -0.385. The Kier molecular flexibility index (Phi) is 5.08. The molecule has 0 heterocycles. The minimum absolute atomic E-state index is 0.174. The highest BCUT2D eigenvalue weighted by molar-refractivity contribution is 6.01. The van der Waals surface area contributed by atoms with Gasteiger partial charge in [-0.15, -0.1) is 0 Å². The Morgan fingerprint density at radius 2 is 1.62 bits per heavy atom. The van der Waals surface area contributed by atoms with Gasteiger partial charge < -0.3 is 4.74 Å². The summed E-state index contributed by atoms with van der Waals surface area (Å²) in [5.74, 6) is -1.24. The molecular formula is C18H17NO5. The molecule has 0 aliphatic heterocycles. The van der Waals surface area contributed by atoms with Crippen molar-refractivity contribution in [3.63, 3.8) is 0 Å². The predicted molar refractivity (Wildman–Crippen MR) is 88.4 cm³/mol. The van der Waals surface area contributed by atoms with E-state index in [1.54, 1.807) is 6.07 Å². The number of benzene rings is 2. The molecular weight excluding hydrogens is 310 g/mol. The molecule has 0 amide bonds. The van der Waals surface area contributed by atoms with E-state index in [2.05, 4.69) is 0 Å². The van der Waals surface area contributed by atoms with Crippen molar-refractivity contribution in [3.05, 3.63) is 74.3 Å². The molecule has 0 aliphatic rings. The lowest BCUT2D eigenvalue weighted by atomic mass is 9.98. The number of aryl methyl sites for hydroxylation is 3. The fourth-order valence-corrected chi connectivity index (χ4v) is 2.35. The average Bonchev–Trinajstić information content (AvgIpc) is 2.55. The van der Waals surface area contributed by atoms with Crippen LogP contribution < -0.4 is 0 Å². The number of nitro benzene ring substituents is 1. The number of ketones is 1. The van der Waals surface area contributed by atoms with Crippen LogP contribution in [0.1, 0.15) is 37.4 Å². The number of rotatable bonds is 5. The minimum atomic E-state index is -0.892. The van der Waals surface area contributed by atoms with Crippen LogP contribution in [0.5, 0.6) is 0 Å². The number of ether oxygens (including phenoxy) is 1. The van der Waals surface area contributed by atoms with Gasteiger partial charge in [0.2, 0.25) is 5.78 Å². The van der Waals surface area contributed by atoms with E-state index in [0.29, 0.717) is 5.56 Å². The Balaban J connectivity index is 2.14. The van der Waals surface area contributed by atoms with Gasteiger partial charge in [0.05, 0.1) is 4.92 Å². The maximum atomic E-state index is 12.3. The topological polar surface area (TPSA) is 86.5 Å². The molecule has 6 nitrogen and oxygen atoms in total. The van der Waals surface area contributed by atoms with Crippen LogP contribution in [0.4, 0.5) is 5.69 Å². The summed E-state index contributed by atoms with van der Waals surface area (Å²) in [5.41, 5.74) is 2.79. The molecule has 0 atom stereocenters. The van der Waals surface area contributed by atoms with Crippen LogP contribution in [0.15, 0.2) is 36.4 Å². The SMILES string of the molecule is Cc1cc(C)c(C(=O)COC(=O)c2ccccc2[N+](=O)[O-])cc1C. The second-order valence-electron chi connectivity index (χ2n) is 5.52. The van der Waals surface area contributed by atoms with Crippen molar-refractivity contribution in [3.8, 4) is 0 Å². The number of Topliss-reactive ketones (excluding diaryl/α,β-unsaturated/α-hetero) is 1. The lowest BCUT2D eigenvalue weighted by Crippen LogP contribution is -2.16. The van der Waals surface area contributed by atoms with Crippen LogP contribution in [-0.2, 0) is 4.74 Å². The van der Waals surface area contributed by atoms with E-state index in [1.165, 1.54) is 24.3 Å². The standard InChI is InChI=1S/C18H17NO5/c1-11-8-13(3)15(9-12(11)2)17(20)10-24-18(21)14-6-4-5-7-16(14)19(22)23/h4-9H,10H2,1-3H3. The number of para-hydroxylation sites is 1. The van der Waals surface area contributed by atoms with Crippen LogP contribution in [0.2, 0.25) is 0 Å². The van der Waals surface area contributed by atoms with E-state index < -0.39 is 17.5 Å². The number of carbonyl (C=O) groups is 2. The molecule has 124 valence electrons. The zero-order chi connectivity index (χ0) is 17.9. The highest BCUT2D eigenvalue weighted by Gasteiger charge is 2.22. The van der Waals surface area contributed by atoms with Gasteiger partial charge in [-0.1, -0.05) is 18.2 Å². The second-order valence-corrected chi connectivity index (χ2v) is 5.52. The van der Waals surface area contributed by atoms with E-state index in [1.807, 2.05) is 26.8 Å². The van der Waals surface area contributed by atoms with E-state index >= 15 is 0 Å². The molecule has 0 fully saturated rings. The molecule has 6 heteroatoms. The van der Waals surface area contributed by atoms with Gasteiger partial charge in [0, 0.05) is 11.6 Å². The highest BCUT2D eigenvalue weighted by Crippen LogP contribution is 2.19. The number of hydrogen-bond acceptors (Lipinski definition) is 5. The van der Waals surface area contributed by atoms with Gasteiger partial charge in [-0.05, 0) is 49.6 Å². The summed E-state index contributed by atoms with van der Waals surface area (Å²) < 4.78 is 4.97. The minimum Gasteiger partial charge on any atom is -0.454 e. The molecule has 0 aliphatic carbocycles. The normalized spacial score (nSPS) is 10.3. The maximum Gasteiger partial charge on any atom is 0.345 e. The Morgan fingerprint density at radius 1 is 1.00 bits per heavy atom. The van der Waals surface area contributed by atoms with Gasteiger partial charge in [-0.3, -0.25) is 14.9 Å². The second kappa shape index (κ2) is 7.04. The molecule has 2 aromatic rings. The number of nitrogens with zero attached hydrogens (tertiary/aromatic N) is 1. The zero-order valence-electron chi connectivity index (χ0n) is 13.7. The zero-order valence-corrected chi connectivity index (χ0v) is 13.7. The van der Waals surface area contributed by atoms with Gasteiger partial charge in [-0.25, -0.2) is 4.79 Å². The summed E-state index contributed by atoms with van der Waals surface area (Å²) in [4.78, 5) is 34.6. The van der Waals surface area contributed by atoms with Crippen molar-refractivity contribution in [2.75, 3.05) is 6.61 Å². The number of nitro groups is 1. The van der Waals surface area contributed by atoms with Crippen molar-refractivity contribution in [2.45, 2.75) is 20.8 Å². The Morgan fingerprint density at radius 3 is 2.29 bits per heavy atom. The summed E-state index contributed by atoms with van der Waals surface area (Å²) in [7, 11) is 0. The molecule has 0 aromatic heterocycles. The van der Waals surface area contributed by atoms with Gasteiger partial charge in [0.15, 0.2) is 6.61 Å². The predicted octanol–water partition coefficient (Wildman–Crippen LogP) is 3.56. The molecule has 0 radical (unpaired) electrons. The summed E-state index contributed by atoms with van der Waals surface area (Å²) in [5, 5.41) is 10.9. The van der Waals surface area contributed by atoms with Crippen LogP contribution >= 0.6 is 0 Å². The van der Waals surface area contributed by atoms with Crippen molar-refractivity contribution >= 4 is 17.4 Å². The number of esters is 1. The quantitative estimate of drug-likeness (QED) is 0.363. The van der Waals surface area contributed by atoms with E-state index in [9.17, 15) is 19.7 Å². The van der Waals surface area contributed by atoms with Crippen molar-refractivity contribution in [2.24, 2.45) is 0 Å². The first-order valence-electron chi connectivity index (χ1n) is 7.33. The summed E-state index contributed by atoms with van der Waals surface area (Å²) in [6, 6.07) is 9.12. The van der Waals surface area contributed by atoms with E-state index in [0.717, 1.165) is 16.7 Å². The molecule has 0 unspecified atom stereocenters. The summed E-state index contributed by atoms with van der Waals surface area (Å²) >= 11 is 0. The number of hydrogen-bond donors (Lipinski definition) is 0. The largest absolute Gasteiger partial charge is 0.454 e. The third-order valence-corrected chi connectivity index (χ3v) is 3.80. The molecule has 0 bridgehead atoms. The van der Waals surface area contributed by atoms with Gasteiger partial charge in [0.1, 0.15) is 5.56 Å². The maximum absolute atomic E-state index is 12.3. The molecule has 24 heavy (non-hydrogen) atoms. The monoisotopic (exact) mass is 327 g/mol. The van der Waals surface area contributed by atoms with E-state index in [4.69, 9.17) is 4.74 Å². The summed E-state index contributed by atoms with van der Waals surface area (Å²) in [6.07, 6.45) is 0. The third kappa shape index (κ3) is 3.65. The van der Waals surface area contributed by atoms with Crippen LogP contribution in [0, 0.1) is 30.9 Å². The van der Waals surface area contributed by atoms with Gasteiger partial charge in [0.25, 0.3) is 5.69 Å². The summed E-state index contributed by atoms with van der Waals surface area (Å²) in [6.45, 7) is 5.19. The molecule has 2 aromatic carbocycles. The Bertz CT molecular complexity index is 826. The first kappa shape index (κ1) is 17.3. The van der Waals surface area contributed by atoms with E-state index in [-0.39, 0.29) is 17.0 Å².